The molecule has 1 aromatic heterocycles. The Morgan fingerprint density at radius 1 is 1.57 bits per heavy atom. The van der Waals surface area contributed by atoms with Gasteiger partial charge in [0.05, 0.1) is 5.01 Å². The van der Waals surface area contributed by atoms with Gasteiger partial charge in [-0.25, -0.2) is 4.98 Å². The molecule has 2 nitrogen and oxygen atoms in total. The van der Waals surface area contributed by atoms with Crippen molar-refractivity contribution < 1.29 is 0 Å². The van der Waals surface area contributed by atoms with Crippen molar-refractivity contribution in [2.24, 2.45) is 11.1 Å². The lowest BCUT2D eigenvalue weighted by atomic mass is 9.81. The number of aromatic nitrogens is 1. The minimum atomic E-state index is 0.207. The maximum atomic E-state index is 6.17. The van der Waals surface area contributed by atoms with Crippen LogP contribution in [0.4, 0.5) is 0 Å². The summed E-state index contributed by atoms with van der Waals surface area (Å²) in [6, 6.07) is 0.207. The van der Waals surface area contributed by atoms with E-state index in [1.807, 2.05) is 6.92 Å². The van der Waals surface area contributed by atoms with E-state index >= 15 is 0 Å². The van der Waals surface area contributed by atoms with Gasteiger partial charge in [-0.05, 0) is 18.8 Å². The van der Waals surface area contributed by atoms with E-state index in [0.717, 1.165) is 23.5 Å². The highest BCUT2D eigenvalue weighted by Crippen LogP contribution is 2.26. The summed E-state index contributed by atoms with van der Waals surface area (Å²) in [6.45, 7) is 8.65. The summed E-state index contributed by atoms with van der Waals surface area (Å²) in [5.74, 6) is 0. The Bertz CT molecular complexity index is 291. The van der Waals surface area contributed by atoms with Gasteiger partial charge in [-0.15, -0.1) is 11.3 Å². The summed E-state index contributed by atoms with van der Waals surface area (Å²) in [7, 11) is 0. The standard InChI is InChI=1S/C11H20N2S/c1-5-11(3,4)9(12)6-10-13-8(2)7-14-10/h7,9H,5-6,12H2,1-4H3. The fourth-order valence-electron chi connectivity index (χ4n) is 1.22. The lowest BCUT2D eigenvalue weighted by Gasteiger charge is -2.29. The zero-order chi connectivity index (χ0) is 10.8. The number of rotatable bonds is 4. The molecule has 0 saturated carbocycles. The molecule has 0 spiro atoms. The van der Waals surface area contributed by atoms with Crippen molar-refractivity contribution in [1.82, 2.24) is 4.98 Å². The lowest BCUT2D eigenvalue weighted by Crippen LogP contribution is -2.38. The second-order valence-corrected chi connectivity index (χ2v) is 5.48. The Labute approximate surface area is 90.6 Å². The normalized spacial score (nSPS) is 14.4. The molecule has 0 fully saturated rings. The Balaban J connectivity index is 2.61. The molecule has 1 rings (SSSR count). The van der Waals surface area contributed by atoms with Gasteiger partial charge in [-0.1, -0.05) is 20.8 Å². The van der Waals surface area contributed by atoms with E-state index in [-0.39, 0.29) is 11.5 Å². The number of thiazole rings is 1. The third kappa shape index (κ3) is 2.79. The zero-order valence-corrected chi connectivity index (χ0v) is 10.3. The highest BCUT2D eigenvalue weighted by atomic mass is 32.1. The van der Waals surface area contributed by atoms with E-state index in [4.69, 9.17) is 5.73 Å². The molecule has 0 aliphatic heterocycles. The third-order valence-corrected chi connectivity index (χ3v) is 3.97. The van der Waals surface area contributed by atoms with Gasteiger partial charge in [-0.2, -0.15) is 0 Å². The lowest BCUT2D eigenvalue weighted by molar-refractivity contribution is 0.272. The van der Waals surface area contributed by atoms with Gasteiger partial charge >= 0.3 is 0 Å². The zero-order valence-electron chi connectivity index (χ0n) is 9.50. The monoisotopic (exact) mass is 212 g/mol. The molecule has 0 amide bonds. The fraction of sp³-hybridized carbons (Fsp3) is 0.727. The Morgan fingerprint density at radius 3 is 2.64 bits per heavy atom. The molecule has 0 aliphatic rings. The second-order valence-electron chi connectivity index (χ2n) is 4.54. The third-order valence-electron chi connectivity index (χ3n) is 2.98. The Kier molecular flexibility index (Phi) is 3.67. The highest BCUT2D eigenvalue weighted by molar-refractivity contribution is 7.09. The van der Waals surface area contributed by atoms with E-state index < -0.39 is 0 Å². The summed E-state index contributed by atoms with van der Waals surface area (Å²) >= 11 is 1.71. The van der Waals surface area contributed by atoms with Gasteiger partial charge in [0.15, 0.2) is 0 Å². The Morgan fingerprint density at radius 2 is 2.21 bits per heavy atom. The van der Waals surface area contributed by atoms with E-state index in [2.05, 4.69) is 31.1 Å². The van der Waals surface area contributed by atoms with Gasteiger partial charge in [0.25, 0.3) is 0 Å². The molecular weight excluding hydrogens is 192 g/mol. The maximum absolute atomic E-state index is 6.17. The van der Waals surface area contributed by atoms with E-state index in [1.54, 1.807) is 11.3 Å². The van der Waals surface area contributed by atoms with Crippen LogP contribution >= 0.6 is 11.3 Å². The minimum absolute atomic E-state index is 0.207. The summed E-state index contributed by atoms with van der Waals surface area (Å²) in [5, 5.41) is 3.25. The average Bonchev–Trinajstić information content (AvgIpc) is 2.51. The molecule has 2 N–H and O–H groups in total. The minimum Gasteiger partial charge on any atom is -0.327 e. The highest BCUT2D eigenvalue weighted by Gasteiger charge is 2.25. The summed E-state index contributed by atoms with van der Waals surface area (Å²) < 4.78 is 0. The van der Waals surface area contributed by atoms with Crippen LogP contribution in [-0.2, 0) is 6.42 Å². The SMILES string of the molecule is CCC(C)(C)C(N)Cc1nc(C)cs1. The molecule has 3 heteroatoms. The smallest absolute Gasteiger partial charge is 0.0943 e. The summed E-state index contributed by atoms with van der Waals surface area (Å²) in [5.41, 5.74) is 7.48. The van der Waals surface area contributed by atoms with Crippen LogP contribution in [0, 0.1) is 12.3 Å². The van der Waals surface area contributed by atoms with Crippen LogP contribution in [0.3, 0.4) is 0 Å². The van der Waals surface area contributed by atoms with Crippen molar-refractivity contribution in [2.75, 3.05) is 0 Å². The number of nitrogens with zero attached hydrogens (tertiary/aromatic N) is 1. The van der Waals surface area contributed by atoms with Crippen molar-refractivity contribution in [3.05, 3.63) is 16.1 Å². The van der Waals surface area contributed by atoms with Gasteiger partial charge in [0.1, 0.15) is 0 Å². The van der Waals surface area contributed by atoms with Crippen LogP contribution in [0.15, 0.2) is 5.38 Å². The molecule has 1 heterocycles. The molecule has 0 radical (unpaired) electrons. The molecule has 0 aliphatic carbocycles. The number of hydrogen-bond donors (Lipinski definition) is 1. The van der Waals surface area contributed by atoms with Crippen LogP contribution < -0.4 is 5.73 Å². The quantitative estimate of drug-likeness (QED) is 0.833. The van der Waals surface area contributed by atoms with Crippen molar-refractivity contribution in [1.29, 1.82) is 0 Å². The molecular formula is C11H20N2S. The fourth-order valence-corrected chi connectivity index (χ4v) is 2.05. The Hall–Kier alpha value is -0.410. The first-order valence-electron chi connectivity index (χ1n) is 5.12. The van der Waals surface area contributed by atoms with Crippen LogP contribution in [0.2, 0.25) is 0 Å². The van der Waals surface area contributed by atoms with Crippen LogP contribution in [0.1, 0.15) is 37.9 Å². The van der Waals surface area contributed by atoms with Gasteiger partial charge in [0.2, 0.25) is 0 Å². The molecule has 1 unspecified atom stereocenters. The number of nitrogens with two attached hydrogens (primary N) is 1. The first kappa shape index (κ1) is 11.7. The molecule has 1 atom stereocenters. The average molecular weight is 212 g/mol. The molecule has 80 valence electrons. The van der Waals surface area contributed by atoms with Gasteiger partial charge in [0, 0.05) is 23.5 Å². The predicted octanol–water partition coefficient (Wildman–Crippen LogP) is 2.76. The van der Waals surface area contributed by atoms with Gasteiger partial charge in [-0.3, -0.25) is 0 Å². The number of aryl methyl sites for hydroxylation is 1. The van der Waals surface area contributed by atoms with Crippen molar-refractivity contribution in [3.63, 3.8) is 0 Å². The van der Waals surface area contributed by atoms with Crippen molar-refractivity contribution >= 4 is 11.3 Å². The van der Waals surface area contributed by atoms with Crippen molar-refractivity contribution in [2.45, 2.75) is 46.6 Å². The molecule has 0 aromatic carbocycles. The largest absolute Gasteiger partial charge is 0.327 e. The van der Waals surface area contributed by atoms with Crippen LogP contribution in [0.5, 0.6) is 0 Å². The first-order chi connectivity index (χ1) is 6.45. The summed E-state index contributed by atoms with van der Waals surface area (Å²) in [4.78, 5) is 4.44. The molecule has 1 aromatic rings. The van der Waals surface area contributed by atoms with E-state index in [9.17, 15) is 0 Å². The first-order valence-corrected chi connectivity index (χ1v) is 6.00. The summed E-state index contributed by atoms with van der Waals surface area (Å²) in [6.07, 6.45) is 2.01. The second kappa shape index (κ2) is 4.41. The van der Waals surface area contributed by atoms with Crippen molar-refractivity contribution in [3.8, 4) is 0 Å². The number of hydrogen-bond acceptors (Lipinski definition) is 3. The molecule has 14 heavy (non-hydrogen) atoms. The van der Waals surface area contributed by atoms with Gasteiger partial charge < -0.3 is 5.73 Å². The predicted molar refractivity (Wildman–Crippen MR) is 62.6 cm³/mol. The topological polar surface area (TPSA) is 38.9 Å². The maximum Gasteiger partial charge on any atom is 0.0943 e. The molecule has 0 bridgehead atoms. The van der Waals surface area contributed by atoms with Crippen LogP contribution in [-0.4, -0.2) is 11.0 Å². The van der Waals surface area contributed by atoms with Crippen LogP contribution in [0.25, 0.3) is 0 Å². The van der Waals surface area contributed by atoms with E-state index in [0.29, 0.717) is 0 Å². The molecule has 0 saturated heterocycles. The van der Waals surface area contributed by atoms with E-state index in [1.165, 1.54) is 0 Å².